The van der Waals surface area contributed by atoms with Gasteiger partial charge in [-0.25, -0.2) is 0 Å². The van der Waals surface area contributed by atoms with E-state index in [2.05, 4.69) is 26.6 Å². The highest BCUT2D eigenvalue weighted by molar-refractivity contribution is 7.10. The fraction of sp³-hybridized carbons (Fsp3) is 0.333. The van der Waals surface area contributed by atoms with Crippen LogP contribution in [-0.2, 0) is 17.8 Å². The molecule has 4 rings (SSSR count). The van der Waals surface area contributed by atoms with Crippen molar-refractivity contribution in [2.75, 3.05) is 26.2 Å². The van der Waals surface area contributed by atoms with Gasteiger partial charge in [0.25, 0.3) is 5.91 Å². The number of aliphatic hydroxyl groups excluding tert-OH is 1. The molecule has 2 N–H and O–H groups in total. The van der Waals surface area contributed by atoms with Gasteiger partial charge in [0.15, 0.2) is 6.61 Å². The summed E-state index contributed by atoms with van der Waals surface area (Å²) in [5, 5.41) is 16.1. The number of carbonyl (C=O) groups is 1. The van der Waals surface area contributed by atoms with Crippen LogP contribution in [0.4, 0.5) is 0 Å². The van der Waals surface area contributed by atoms with Gasteiger partial charge in [-0.1, -0.05) is 18.2 Å². The fourth-order valence-electron chi connectivity index (χ4n) is 3.43. The van der Waals surface area contributed by atoms with Gasteiger partial charge in [-0.05, 0) is 35.6 Å². The second kappa shape index (κ2) is 8.68. The zero-order valence-corrected chi connectivity index (χ0v) is 16.3. The number of nitrogens with zero attached hydrogens (tertiary/aromatic N) is 2. The zero-order chi connectivity index (χ0) is 19.3. The molecular weight excluding hydrogens is 374 g/mol. The normalized spacial score (nSPS) is 15.2. The van der Waals surface area contributed by atoms with Crippen molar-refractivity contribution in [2.24, 2.45) is 0 Å². The number of carbonyl (C=O) groups excluding carboxylic acids is 1. The Bertz CT molecular complexity index is 953. The molecule has 1 unspecified atom stereocenters. The van der Waals surface area contributed by atoms with E-state index in [0.717, 1.165) is 30.4 Å². The summed E-state index contributed by atoms with van der Waals surface area (Å²) in [6.07, 6.45) is 2.11. The molecule has 28 heavy (non-hydrogen) atoms. The first-order valence-electron chi connectivity index (χ1n) is 9.38. The maximum Gasteiger partial charge on any atom is 0.258 e. The second-order valence-electron chi connectivity index (χ2n) is 6.93. The van der Waals surface area contributed by atoms with E-state index in [9.17, 15) is 9.90 Å². The number of thiophene rings is 1. The van der Waals surface area contributed by atoms with E-state index < -0.39 is 6.10 Å². The summed E-state index contributed by atoms with van der Waals surface area (Å²) >= 11 is 1.76. The maximum atomic E-state index is 12.1. The highest BCUT2D eigenvalue weighted by Gasteiger charge is 2.20. The zero-order valence-electron chi connectivity index (χ0n) is 15.5. The molecule has 146 valence electrons. The van der Waals surface area contributed by atoms with Crippen LogP contribution in [0, 0.1) is 0 Å². The average Bonchev–Trinajstić information content (AvgIpc) is 3.18. The van der Waals surface area contributed by atoms with E-state index in [-0.39, 0.29) is 19.1 Å². The minimum absolute atomic E-state index is 0.106. The Labute approximate surface area is 167 Å². The third kappa shape index (κ3) is 4.49. The Morgan fingerprint density at radius 1 is 1.32 bits per heavy atom. The van der Waals surface area contributed by atoms with E-state index in [1.807, 2.05) is 24.3 Å². The number of aliphatic hydroxyl groups is 1. The average molecular weight is 398 g/mol. The number of ether oxygens (including phenoxy) is 1. The summed E-state index contributed by atoms with van der Waals surface area (Å²) in [5.74, 6) is 0.319. The summed E-state index contributed by atoms with van der Waals surface area (Å²) in [4.78, 5) is 20.0. The molecule has 7 heteroatoms. The van der Waals surface area contributed by atoms with Crippen LogP contribution < -0.4 is 10.1 Å². The second-order valence-corrected chi connectivity index (χ2v) is 7.93. The Hall–Kier alpha value is -2.48. The number of rotatable bonds is 7. The molecule has 0 saturated carbocycles. The first kappa shape index (κ1) is 18.9. The molecule has 0 saturated heterocycles. The first-order chi connectivity index (χ1) is 13.7. The third-order valence-corrected chi connectivity index (χ3v) is 5.81. The van der Waals surface area contributed by atoms with Crippen molar-refractivity contribution in [3.05, 3.63) is 58.4 Å². The predicted octanol–water partition coefficient (Wildman–Crippen LogP) is 2.21. The molecule has 1 aliphatic heterocycles. The van der Waals surface area contributed by atoms with Gasteiger partial charge >= 0.3 is 0 Å². The molecule has 1 aliphatic rings. The Morgan fingerprint density at radius 3 is 3.14 bits per heavy atom. The number of amides is 1. The van der Waals surface area contributed by atoms with Crippen molar-refractivity contribution in [1.82, 2.24) is 15.2 Å². The SMILES string of the molecule is O=C(COc1cccc2cccnc12)NCC(O)CN1CCc2ccsc2C1. The summed E-state index contributed by atoms with van der Waals surface area (Å²) in [5.41, 5.74) is 2.15. The number of pyridine rings is 1. The van der Waals surface area contributed by atoms with Crippen molar-refractivity contribution in [3.8, 4) is 5.75 Å². The molecule has 3 heterocycles. The van der Waals surface area contributed by atoms with Crippen LogP contribution in [0.25, 0.3) is 10.9 Å². The van der Waals surface area contributed by atoms with Crippen LogP contribution in [0.15, 0.2) is 48.0 Å². The highest BCUT2D eigenvalue weighted by Crippen LogP contribution is 2.24. The molecular formula is C21H23N3O3S. The monoisotopic (exact) mass is 397 g/mol. The number of nitrogens with one attached hydrogen (secondary N) is 1. The molecule has 0 fully saturated rings. The molecule has 0 aliphatic carbocycles. The lowest BCUT2D eigenvalue weighted by molar-refractivity contribution is -0.123. The molecule has 2 aromatic heterocycles. The van der Waals surface area contributed by atoms with E-state index in [0.29, 0.717) is 12.3 Å². The molecule has 0 bridgehead atoms. The lowest BCUT2D eigenvalue weighted by Gasteiger charge is -2.28. The number of hydrogen-bond acceptors (Lipinski definition) is 6. The van der Waals surface area contributed by atoms with Crippen molar-refractivity contribution >= 4 is 28.1 Å². The number of β-amino-alcohol motifs (C(OH)–C–C–N with tert-alkyl or cyclic N) is 1. The quantitative estimate of drug-likeness (QED) is 0.639. The molecule has 1 amide bonds. The number of aromatic nitrogens is 1. The Balaban J connectivity index is 1.22. The van der Waals surface area contributed by atoms with Crippen LogP contribution in [0.5, 0.6) is 5.75 Å². The fourth-order valence-corrected chi connectivity index (χ4v) is 4.40. The lowest BCUT2D eigenvalue weighted by Crippen LogP contribution is -2.42. The molecule has 0 spiro atoms. The third-order valence-electron chi connectivity index (χ3n) is 4.86. The van der Waals surface area contributed by atoms with Gasteiger partial charge in [0.05, 0.1) is 6.10 Å². The Kier molecular flexibility index (Phi) is 5.85. The van der Waals surface area contributed by atoms with Crippen LogP contribution in [0.1, 0.15) is 10.4 Å². The number of fused-ring (bicyclic) bond motifs is 2. The minimum atomic E-state index is -0.607. The summed E-state index contributed by atoms with van der Waals surface area (Å²) in [6, 6.07) is 11.6. The van der Waals surface area contributed by atoms with Gasteiger partial charge in [-0.2, -0.15) is 0 Å². The van der Waals surface area contributed by atoms with Crippen molar-refractivity contribution < 1.29 is 14.6 Å². The number of benzene rings is 1. The van der Waals surface area contributed by atoms with Gasteiger partial charge < -0.3 is 15.2 Å². The van der Waals surface area contributed by atoms with E-state index in [4.69, 9.17) is 4.74 Å². The van der Waals surface area contributed by atoms with E-state index in [1.165, 1.54) is 10.4 Å². The summed E-state index contributed by atoms with van der Waals surface area (Å²) in [6.45, 7) is 2.46. The van der Waals surface area contributed by atoms with E-state index in [1.54, 1.807) is 23.6 Å². The number of hydrogen-bond donors (Lipinski definition) is 2. The molecule has 0 radical (unpaired) electrons. The minimum Gasteiger partial charge on any atom is -0.481 e. The smallest absolute Gasteiger partial charge is 0.258 e. The molecule has 1 atom stereocenters. The predicted molar refractivity (Wildman–Crippen MR) is 110 cm³/mol. The van der Waals surface area contributed by atoms with Crippen molar-refractivity contribution in [3.63, 3.8) is 0 Å². The molecule has 3 aromatic rings. The van der Waals surface area contributed by atoms with Gasteiger partial charge in [0.2, 0.25) is 0 Å². The van der Waals surface area contributed by atoms with Crippen molar-refractivity contribution in [2.45, 2.75) is 19.1 Å². The van der Waals surface area contributed by atoms with Crippen LogP contribution >= 0.6 is 11.3 Å². The first-order valence-corrected chi connectivity index (χ1v) is 10.3. The van der Waals surface area contributed by atoms with Gasteiger partial charge in [0, 0.05) is 42.6 Å². The van der Waals surface area contributed by atoms with Crippen molar-refractivity contribution in [1.29, 1.82) is 0 Å². The lowest BCUT2D eigenvalue weighted by atomic mass is 10.1. The number of para-hydroxylation sites is 1. The highest BCUT2D eigenvalue weighted by atomic mass is 32.1. The Morgan fingerprint density at radius 2 is 2.21 bits per heavy atom. The van der Waals surface area contributed by atoms with Gasteiger partial charge in [0.1, 0.15) is 11.3 Å². The molecule has 1 aromatic carbocycles. The van der Waals surface area contributed by atoms with Gasteiger partial charge in [-0.15, -0.1) is 11.3 Å². The van der Waals surface area contributed by atoms with Gasteiger partial charge in [-0.3, -0.25) is 14.7 Å². The van der Waals surface area contributed by atoms with E-state index >= 15 is 0 Å². The van der Waals surface area contributed by atoms with Crippen LogP contribution in [-0.4, -0.2) is 53.2 Å². The maximum absolute atomic E-state index is 12.1. The topological polar surface area (TPSA) is 74.7 Å². The van der Waals surface area contributed by atoms with Crippen LogP contribution in [0.2, 0.25) is 0 Å². The molecule has 6 nitrogen and oxygen atoms in total. The summed E-state index contributed by atoms with van der Waals surface area (Å²) in [7, 11) is 0. The van der Waals surface area contributed by atoms with Crippen LogP contribution in [0.3, 0.4) is 0 Å². The largest absolute Gasteiger partial charge is 0.481 e. The standard InChI is InChI=1S/C21H23N3O3S/c25-17(12-24-9-6-15-7-10-28-19(15)13-24)11-23-20(26)14-27-18-5-1-3-16-4-2-8-22-21(16)18/h1-5,7-8,10,17,25H,6,9,11-14H2,(H,23,26). The summed E-state index contributed by atoms with van der Waals surface area (Å²) < 4.78 is 5.63.